The van der Waals surface area contributed by atoms with Gasteiger partial charge in [-0.1, -0.05) is 31.5 Å². The summed E-state index contributed by atoms with van der Waals surface area (Å²) in [6.45, 7) is 4.81. The second kappa shape index (κ2) is 8.15. The van der Waals surface area contributed by atoms with Crippen LogP contribution in [0.3, 0.4) is 0 Å². The van der Waals surface area contributed by atoms with Gasteiger partial charge in [0.25, 0.3) is 0 Å². The Balaban J connectivity index is 1.78. The van der Waals surface area contributed by atoms with Gasteiger partial charge in [-0.15, -0.1) is 0 Å². The molecule has 0 saturated carbocycles. The first-order valence-electron chi connectivity index (χ1n) is 8.02. The molecule has 4 nitrogen and oxygen atoms in total. The fraction of sp³-hybridized carbons (Fsp3) is 0.588. The third kappa shape index (κ3) is 4.83. The third-order valence-electron chi connectivity index (χ3n) is 4.48. The normalized spacial score (nSPS) is 23.0. The van der Waals surface area contributed by atoms with E-state index in [-0.39, 0.29) is 5.91 Å². The van der Waals surface area contributed by atoms with Crippen molar-refractivity contribution in [2.75, 3.05) is 25.0 Å². The quantitative estimate of drug-likeness (QED) is 0.846. The average Bonchev–Trinajstić information content (AvgIpc) is 2.53. The minimum atomic E-state index is 0.0783. The van der Waals surface area contributed by atoms with E-state index in [4.69, 9.17) is 5.73 Å². The second-order valence-electron chi connectivity index (χ2n) is 5.89. The molecular formula is C17H27N3O. The minimum Gasteiger partial charge on any atom is -0.329 e. The van der Waals surface area contributed by atoms with Crippen molar-refractivity contribution in [1.82, 2.24) is 4.90 Å². The predicted octanol–water partition coefficient (Wildman–Crippen LogP) is 2.46. The number of carbonyl (C=O) groups is 1. The number of hydrogen-bond acceptors (Lipinski definition) is 3. The fourth-order valence-electron chi connectivity index (χ4n) is 3.08. The molecule has 0 aliphatic carbocycles. The van der Waals surface area contributed by atoms with Crippen LogP contribution in [0.2, 0.25) is 0 Å². The lowest BCUT2D eigenvalue weighted by Crippen LogP contribution is -2.47. The molecule has 2 unspecified atom stereocenters. The highest BCUT2D eigenvalue weighted by atomic mass is 16.1. The van der Waals surface area contributed by atoms with E-state index in [1.807, 2.05) is 30.3 Å². The van der Waals surface area contributed by atoms with Crippen LogP contribution in [0.25, 0.3) is 0 Å². The number of carbonyl (C=O) groups excluding carboxylic acids is 1. The van der Waals surface area contributed by atoms with E-state index in [1.165, 1.54) is 19.3 Å². The highest BCUT2D eigenvalue weighted by molar-refractivity contribution is 5.90. The summed E-state index contributed by atoms with van der Waals surface area (Å²) >= 11 is 0. The van der Waals surface area contributed by atoms with Crippen LogP contribution in [0.4, 0.5) is 5.69 Å². The number of nitrogens with zero attached hydrogens (tertiary/aromatic N) is 1. The third-order valence-corrected chi connectivity index (χ3v) is 4.48. The summed E-state index contributed by atoms with van der Waals surface area (Å²) in [6, 6.07) is 10.1. The lowest BCUT2D eigenvalue weighted by atomic mass is 9.89. The molecule has 1 aliphatic heterocycles. The Bertz CT molecular complexity index is 435. The Morgan fingerprint density at radius 3 is 2.81 bits per heavy atom. The zero-order valence-electron chi connectivity index (χ0n) is 12.9. The van der Waals surface area contributed by atoms with Crippen molar-refractivity contribution in [2.24, 2.45) is 11.7 Å². The first-order valence-corrected chi connectivity index (χ1v) is 8.02. The Morgan fingerprint density at radius 1 is 1.38 bits per heavy atom. The molecular weight excluding hydrogens is 262 g/mol. The van der Waals surface area contributed by atoms with Crippen LogP contribution in [-0.2, 0) is 4.79 Å². The maximum absolute atomic E-state index is 12.0. The summed E-state index contributed by atoms with van der Waals surface area (Å²) in [6.07, 6.45) is 4.17. The second-order valence-corrected chi connectivity index (χ2v) is 5.89. The van der Waals surface area contributed by atoms with Crippen LogP contribution >= 0.6 is 0 Å². The number of piperidine rings is 1. The van der Waals surface area contributed by atoms with Crippen LogP contribution in [0.15, 0.2) is 30.3 Å². The SMILES string of the molecule is CCC1CCN(CCC(=O)Nc2ccccc2)C(CN)C1. The van der Waals surface area contributed by atoms with E-state index >= 15 is 0 Å². The topological polar surface area (TPSA) is 58.4 Å². The summed E-state index contributed by atoms with van der Waals surface area (Å²) in [4.78, 5) is 14.4. The number of likely N-dealkylation sites (tertiary alicyclic amines) is 1. The molecule has 1 heterocycles. The van der Waals surface area contributed by atoms with Gasteiger partial charge in [0.05, 0.1) is 0 Å². The minimum absolute atomic E-state index is 0.0783. The molecule has 0 radical (unpaired) electrons. The highest BCUT2D eigenvalue weighted by Crippen LogP contribution is 2.24. The summed E-state index contributed by atoms with van der Waals surface area (Å²) in [5, 5.41) is 2.94. The standard InChI is InChI=1S/C17H27N3O/c1-2-14-8-10-20(16(12-14)13-18)11-9-17(21)19-15-6-4-3-5-7-15/h3-7,14,16H,2,8-13,18H2,1H3,(H,19,21). The monoisotopic (exact) mass is 289 g/mol. The smallest absolute Gasteiger partial charge is 0.225 e. The number of nitrogens with one attached hydrogen (secondary N) is 1. The maximum Gasteiger partial charge on any atom is 0.225 e. The van der Waals surface area contributed by atoms with Crippen molar-refractivity contribution in [2.45, 2.75) is 38.6 Å². The fourth-order valence-corrected chi connectivity index (χ4v) is 3.08. The molecule has 1 saturated heterocycles. The van der Waals surface area contributed by atoms with Crippen LogP contribution in [0.1, 0.15) is 32.6 Å². The molecule has 0 bridgehead atoms. The first kappa shape index (κ1) is 16.0. The molecule has 1 aromatic rings. The van der Waals surface area contributed by atoms with Gasteiger partial charge in [0.15, 0.2) is 0 Å². The Kier molecular flexibility index (Phi) is 6.21. The van der Waals surface area contributed by atoms with Crippen molar-refractivity contribution >= 4 is 11.6 Å². The van der Waals surface area contributed by atoms with E-state index in [1.54, 1.807) is 0 Å². The molecule has 116 valence electrons. The molecule has 1 fully saturated rings. The first-order chi connectivity index (χ1) is 10.2. The van der Waals surface area contributed by atoms with E-state index in [0.717, 1.165) is 24.7 Å². The Morgan fingerprint density at radius 2 is 2.14 bits per heavy atom. The van der Waals surface area contributed by atoms with Gasteiger partial charge in [-0.25, -0.2) is 0 Å². The van der Waals surface area contributed by atoms with Crippen molar-refractivity contribution in [1.29, 1.82) is 0 Å². The van der Waals surface area contributed by atoms with Crippen LogP contribution in [-0.4, -0.2) is 36.5 Å². The number of nitrogens with two attached hydrogens (primary N) is 1. The predicted molar refractivity (Wildman–Crippen MR) is 87.1 cm³/mol. The molecule has 2 rings (SSSR count). The van der Waals surface area contributed by atoms with Crippen LogP contribution in [0, 0.1) is 5.92 Å². The lowest BCUT2D eigenvalue weighted by molar-refractivity contribution is -0.116. The van der Waals surface area contributed by atoms with Gasteiger partial charge in [0.2, 0.25) is 5.91 Å². The van der Waals surface area contributed by atoms with Gasteiger partial charge in [0.1, 0.15) is 0 Å². The molecule has 0 aromatic heterocycles. The summed E-state index contributed by atoms with van der Waals surface area (Å²) in [7, 11) is 0. The van der Waals surface area contributed by atoms with Gasteiger partial charge in [-0.3, -0.25) is 9.69 Å². The molecule has 1 amide bonds. The van der Waals surface area contributed by atoms with Crippen molar-refractivity contribution in [3.8, 4) is 0 Å². The summed E-state index contributed by atoms with van der Waals surface area (Å²) in [5.74, 6) is 0.877. The molecule has 1 aromatic carbocycles. The van der Waals surface area contributed by atoms with Gasteiger partial charge >= 0.3 is 0 Å². The van der Waals surface area contributed by atoms with Crippen molar-refractivity contribution in [3.05, 3.63) is 30.3 Å². The molecule has 0 spiro atoms. The number of amides is 1. The Hall–Kier alpha value is -1.39. The zero-order valence-corrected chi connectivity index (χ0v) is 12.9. The maximum atomic E-state index is 12.0. The van der Waals surface area contributed by atoms with E-state index < -0.39 is 0 Å². The highest BCUT2D eigenvalue weighted by Gasteiger charge is 2.26. The zero-order chi connectivity index (χ0) is 15.1. The lowest BCUT2D eigenvalue weighted by Gasteiger charge is -2.38. The Labute approximate surface area is 127 Å². The molecule has 2 atom stereocenters. The number of para-hydroxylation sites is 1. The van der Waals surface area contributed by atoms with Gasteiger partial charge in [-0.2, -0.15) is 0 Å². The van der Waals surface area contributed by atoms with E-state index in [2.05, 4.69) is 17.1 Å². The summed E-state index contributed by atoms with van der Waals surface area (Å²) < 4.78 is 0. The van der Waals surface area contributed by atoms with Crippen LogP contribution in [0.5, 0.6) is 0 Å². The number of benzene rings is 1. The molecule has 1 aliphatic rings. The van der Waals surface area contributed by atoms with Crippen LogP contribution < -0.4 is 11.1 Å². The number of rotatable bonds is 6. The molecule has 3 N–H and O–H groups in total. The average molecular weight is 289 g/mol. The number of anilines is 1. The largest absolute Gasteiger partial charge is 0.329 e. The molecule has 21 heavy (non-hydrogen) atoms. The van der Waals surface area contributed by atoms with Gasteiger partial charge < -0.3 is 11.1 Å². The van der Waals surface area contributed by atoms with Crippen molar-refractivity contribution < 1.29 is 4.79 Å². The van der Waals surface area contributed by atoms with Crippen molar-refractivity contribution in [3.63, 3.8) is 0 Å². The summed E-state index contributed by atoms with van der Waals surface area (Å²) in [5.41, 5.74) is 6.76. The van der Waals surface area contributed by atoms with Gasteiger partial charge in [0, 0.05) is 31.2 Å². The molecule has 4 heteroatoms. The van der Waals surface area contributed by atoms with E-state index in [9.17, 15) is 4.79 Å². The number of hydrogen-bond donors (Lipinski definition) is 2. The van der Waals surface area contributed by atoms with E-state index in [0.29, 0.717) is 19.0 Å². The van der Waals surface area contributed by atoms with Gasteiger partial charge in [-0.05, 0) is 37.4 Å².